The van der Waals surface area contributed by atoms with E-state index >= 15 is 0 Å². The Morgan fingerprint density at radius 1 is 0.968 bits per heavy atom. The van der Waals surface area contributed by atoms with Gasteiger partial charge in [0.15, 0.2) is 0 Å². The fourth-order valence-electron chi connectivity index (χ4n) is 3.36. The molecule has 156 valence electrons. The van der Waals surface area contributed by atoms with Gasteiger partial charge in [-0.25, -0.2) is 4.39 Å². The number of halogens is 2. The molecule has 7 heteroatoms. The van der Waals surface area contributed by atoms with Gasteiger partial charge in [0, 0.05) is 22.3 Å². The average Bonchev–Trinajstić information content (AvgIpc) is 3.00. The number of rotatable bonds is 6. The normalized spacial score (nSPS) is 13.7. The van der Waals surface area contributed by atoms with Crippen LogP contribution in [0.1, 0.15) is 11.1 Å². The van der Waals surface area contributed by atoms with Crippen molar-refractivity contribution in [3.63, 3.8) is 0 Å². The van der Waals surface area contributed by atoms with Crippen LogP contribution in [0.15, 0.2) is 78.5 Å². The van der Waals surface area contributed by atoms with Gasteiger partial charge in [-0.2, -0.15) is 0 Å². The number of benzene rings is 3. The molecule has 0 saturated heterocycles. The third-order valence-corrected chi connectivity index (χ3v) is 5.18. The van der Waals surface area contributed by atoms with Gasteiger partial charge < -0.3 is 10.1 Å². The summed E-state index contributed by atoms with van der Waals surface area (Å²) < 4.78 is 19.4. The molecule has 1 aliphatic rings. The maximum absolute atomic E-state index is 14.2. The number of ether oxygens (including phenoxy) is 1. The Labute approximate surface area is 183 Å². The number of methoxy groups -OCH3 is 1. The molecule has 0 spiro atoms. The molecule has 1 N–H and O–H groups in total. The quantitative estimate of drug-likeness (QED) is 0.559. The molecule has 0 fully saturated rings. The first-order valence-electron chi connectivity index (χ1n) is 9.49. The average molecular weight is 437 g/mol. The van der Waals surface area contributed by atoms with Crippen LogP contribution in [0.3, 0.4) is 0 Å². The minimum absolute atomic E-state index is 0.108. The fraction of sp³-hybridized carbons (Fsp3) is 0.0833. The molecule has 0 radical (unpaired) electrons. The smallest absolute Gasteiger partial charge is 0.278 e. The lowest BCUT2D eigenvalue weighted by Crippen LogP contribution is -2.32. The Bertz CT molecular complexity index is 1190. The van der Waals surface area contributed by atoms with Gasteiger partial charge >= 0.3 is 0 Å². The Kier molecular flexibility index (Phi) is 5.73. The van der Waals surface area contributed by atoms with E-state index < -0.39 is 17.6 Å². The molecule has 3 aromatic carbocycles. The summed E-state index contributed by atoms with van der Waals surface area (Å²) in [5.74, 6) is -0.939. The standard InChI is InChI=1S/C24H18ClFN2O3/c1-31-19-7-4-6-18(13-19)27-22-21(15-9-11-17(25)12-10-15)23(29)28(24(22)30)14-16-5-2-3-8-20(16)26/h2-13,27H,14H2,1H3. The Morgan fingerprint density at radius 2 is 1.71 bits per heavy atom. The minimum Gasteiger partial charge on any atom is -0.497 e. The van der Waals surface area contributed by atoms with E-state index in [1.165, 1.54) is 13.2 Å². The summed E-state index contributed by atoms with van der Waals surface area (Å²) in [5, 5.41) is 3.56. The van der Waals surface area contributed by atoms with Crippen molar-refractivity contribution >= 4 is 34.7 Å². The number of amides is 2. The van der Waals surface area contributed by atoms with Crippen LogP contribution in [0.5, 0.6) is 5.75 Å². The lowest BCUT2D eigenvalue weighted by Gasteiger charge is -2.16. The molecule has 4 rings (SSSR count). The predicted octanol–water partition coefficient (Wildman–Crippen LogP) is 4.88. The van der Waals surface area contributed by atoms with Gasteiger partial charge in [0.2, 0.25) is 0 Å². The second-order valence-corrected chi connectivity index (χ2v) is 7.34. The van der Waals surface area contributed by atoms with Crippen molar-refractivity contribution in [3.8, 4) is 5.75 Å². The van der Waals surface area contributed by atoms with Gasteiger partial charge in [0.25, 0.3) is 11.8 Å². The van der Waals surface area contributed by atoms with Crippen molar-refractivity contribution in [1.29, 1.82) is 0 Å². The molecule has 3 aromatic rings. The van der Waals surface area contributed by atoms with Gasteiger partial charge in [-0.3, -0.25) is 14.5 Å². The molecule has 1 heterocycles. The zero-order valence-corrected chi connectivity index (χ0v) is 17.3. The Morgan fingerprint density at radius 3 is 2.42 bits per heavy atom. The number of carbonyl (C=O) groups excluding carboxylic acids is 2. The number of anilines is 1. The van der Waals surface area contributed by atoms with E-state index in [-0.39, 0.29) is 23.4 Å². The van der Waals surface area contributed by atoms with E-state index in [0.29, 0.717) is 22.0 Å². The third-order valence-electron chi connectivity index (χ3n) is 4.93. The van der Waals surface area contributed by atoms with Crippen LogP contribution in [0.2, 0.25) is 5.02 Å². The number of hydrogen-bond acceptors (Lipinski definition) is 4. The monoisotopic (exact) mass is 436 g/mol. The third kappa shape index (κ3) is 4.15. The highest BCUT2D eigenvalue weighted by atomic mass is 35.5. The van der Waals surface area contributed by atoms with E-state index in [1.807, 2.05) is 0 Å². The van der Waals surface area contributed by atoms with Crippen LogP contribution in [-0.4, -0.2) is 23.8 Å². The lowest BCUT2D eigenvalue weighted by atomic mass is 10.0. The molecule has 0 aliphatic carbocycles. The largest absolute Gasteiger partial charge is 0.497 e. The number of carbonyl (C=O) groups is 2. The Balaban J connectivity index is 1.75. The summed E-state index contributed by atoms with van der Waals surface area (Å²) in [6, 6.07) is 19.7. The second-order valence-electron chi connectivity index (χ2n) is 6.90. The number of hydrogen-bond donors (Lipinski definition) is 1. The van der Waals surface area contributed by atoms with Crippen molar-refractivity contribution in [2.75, 3.05) is 12.4 Å². The lowest BCUT2D eigenvalue weighted by molar-refractivity contribution is -0.137. The summed E-state index contributed by atoms with van der Waals surface area (Å²) in [6.07, 6.45) is 0. The SMILES string of the molecule is COc1cccc(NC2=C(c3ccc(Cl)cc3)C(=O)N(Cc3ccccc3F)C2=O)c1. The van der Waals surface area contributed by atoms with Crippen LogP contribution >= 0.6 is 11.6 Å². The summed E-state index contributed by atoms with van der Waals surface area (Å²) in [7, 11) is 1.54. The molecule has 1 aliphatic heterocycles. The number of nitrogens with zero attached hydrogens (tertiary/aromatic N) is 1. The first-order chi connectivity index (χ1) is 15.0. The van der Waals surface area contributed by atoms with Gasteiger partial charge in [0.05, 0.1) is 19.2 Å². The zero-order valence-electron chi connectivity index (χ0n) is 16.6. The highest BCUT2D eigenvalue weighted by molar-refractivity contribution is 6.36. The van der Waals surface area contributed by atoms with Gasteiger partial charge in [-0.15, -0.1) is 0 Å². The van der Waals surface area contributed by atoms with Crippen molar-refractivity contribution in [1.82, 2.24) is 4.90 Å². The summed E-state index contributed by atoms with van der Waals surface area (Å²) in [4.78, 5) is 27.5. The fourth-order valence-corrected chi connectivity index (χ4v) is 3.49. The van der Waals surface area contributed by atoms with Crippen LogP contribution in [0.25, 0.3) is 5.57 Å². The van der Waals surface area contributed by atoms with Crippen LogP contribution in [-0.2, 0) is 16.1 Å². The predicted molar refractivity (Wildman–Crippen MR) is 117 cm³/mol. The maximum atomic E-state index is 14.2. The number of nitrogens with one attached hydrogen (secondary N) is 1. The molecule has 31 heavy (non-hydrogen) atoms. The second kappa shape index (κ2) is 8.62. The molecular formula is C24H18ClFN2O3. The topological polar surface area (TPSA) is 58.6 Å². The van der Waals surface area contributed by atoms with E-state index in [2.05, 4.69) is 5.32 Å². The molecule has 0 unspecified atom stereocenters. The first kappa shape index (κ1) is 20.6. The minimum atomic E-state index is -0.541. The van der Waals surface area contributed by atoms with Gasteiger partial charge in [-0.1, -0.05) is 48.0 Å². The van der Waals surface area contributed by atoms with E-state index in [9.17, 15) is 14.0 Å². The number of imide groups is 1. The van der Waals surface area contributed by atoms with Gasteiger partial charge in [-0.05, 0) is 35.9 Å². The first-order valence-corrected chi connectivity index (χ1v) is 9.86. The summed E-state index contributed by atoms with van der Waals surface area (Å²) in [6.45, 7) is -0.176. The zero-order chi connectivity index (χ0) is 22.0. The van der Waals surface area contributed by atoms with E-state index in [1.54, 1.807) is 66.7 Å². The van der Waals surface area contributed by atoms with Crippen LogP contribution < -0.4 is 10.1 Å². The van der Waals surface area contributed by atoms with Crippen molar-refractivity contribution in [2.24, 2.45) is 0 Å². The van der Waals surface area contributed by atoms with Crippen molar-refractivity contribution in [2.45, 2.75) is 6.54 Å². The molecular weight excluding hydrogens is 419 g/mol. The highest BCUT2D eigenvalue weighted by Crippen LogP contribution is 2.33. The molecule has 5 nitrogen and oxygen atoms in total. The van der Waals surface area contributed by atoms with E-state index in [4.69, 9.17) is 16.3 Å². The maximum Gasteiger partial charge on any atom is 0.278 e. The summed E-state index contributed by atoms with van der Waals surface area (Å²) in [5.41, 5.74) is 1.67. The molecule has 0 saturated carbocycles. The van der Waals surface area contributed by atoms with Gasteiger partial charge in [0.1, 0.15) is 17.3 Å². The molecule has 0 aromatic heterocycles. The highest BCUT2D eigenvalue weighted by Gasteiger charge is 2.39. The van der Waals surface area contributed by atoms with Crippen molar-refractivity contribution in [3.05, 3.63) is 100 Å². The van der Waals surface area contributed by atoms with Crippen LogP contribution in [0.4, 0.5) is 10.1 Å². The van der Waals surface area contributed by atoms with Crippen LogP contribution in [0, 0.1) is 5.82 Å². The molecule has 0 bridgehead atoms. The molecule has 2 amide bonds. The summed E-state index contributed by atoms with van der Waals surface area (Å²) >= 11 is 5.99. The Hall–Kier alpha value is -3.64. The molecule has 0 atom stereocenters. The van der Waals surface area contributed by atoms with Crippen molar-refractivity contribution < 1.29 is 18.7 Å². The van der Waals surface area contributed by atoms with E-state index in [0.717, 1.165) is 4.90 Å².